The normalized spacial score (nSPS) is 10.8. The van der Waals surface area contributed by atoms with E-state index in [0.717, 1.165) is 18.4 Å². The molecule has 5 nitrogen and oxygen atoms in total. The first-order chi connectivity index (χ1) is 12.5. The van der Waals surface area contributed by atoms with Crippen LogP contribution in [0.3, 0.4) is 0 Å². The molecule has 0 radical (unpaired) electrons. The summed E-state index contributed by atoms with van der Waals surface area (Å²) in [6.07, 6.45) is 6.81. The van der Waals surface area contributed by atoms with Crippen molar-refractivity contribution >= 4 is 11.9 Å². The predicted molar refractivity (Wildman–Crippen MR) is 101 cm³/mol. The Morgan fingerprint density at radius 3 is 2.31 bits per heavy atom. The third-order valence-electron chi connectivity index (χ3n) is 3.97. The number of hydrogen-bond acceptors (Lipinski definition) is 5. The number of benzene rings is 1. The number of esters is 2. The molecule has 0 heterocycles. The number of hydrogen-bond donors (Lipinski definition) is 0. The number of ether oxygens (including phenoxy) is 3. The minimum Gasteiger partial charge on any atom is -0.464 e. The van der Waals surface area contributed by atoms with Gasteiger partial charge in [0.15, 0.2) is 0 Å². The van der Waals surface area contributed by atoms with Crippen molar-refractivity contribution in [2.45, 2.75) is 65.2 Å². The molecule has 146 valence electrons. The smallest absolute Gasteiger partial charge is 0.337 e. The molecule has 0 aliphatic rings. The first-order valence-corrected chi connectivity index (χ1v) is 9.57. The minimum atomic E-state index is -0.526. The van der Waals surface area contributed by atoms with Crippen molar-refractivity contribution in [2.24, 2.45) is 0 Å². The number of carbonyl (C=O) groups is 2. The summed E-state index contributed by atoms with van der Waals surface area (Å²) in [5, 5.41) is 0. The van der Waals surface area contributed by atoms with Crippen LogP contribution >= 0.6 is 0 Å². The summed E-state index contributed by atoms with van der Waals surface area (Å²) in [5.74, 6) is -0.200. The molecule has 0 saturated heterocycles. The Morgan fingerprint density at radius 1 is 0.923 bits per heavy atom. The van der Waals surface area contributed by atoms with Crippen LogP contribution in [0, 0.1) is 0 Å². The van der Waals surface area contributed by atoms with Crippen molar-refractivity contribution < 1.29 is 23.8 Å². The summed E-state index contributed by atoms with van der Waals surface area (Å²) in [5.41, 5.74) is 0.958. The van der Waals surface area contributed by atoms with E-state index < -0.39 is 11.9 Å². The highest BCUT2D eigenvalue weighted by atomic mass is 16.6. The van der Waals surface area contributed by atoms with Crippen LogP contribution < -0.4 is 4.74 Å². The van der Waals surface area contributed by atoms with E-state index in [1.165, 1.54) is 25.7 Å². The lowest BCUT2D eigenvalue weighted by Crippen LogP contribution is -2.21. The molecular weight excluding hydrogens is 332 g/mol. The summed E-state index contributed by atoms with van der Waals surface area (Å²) in [6, 6.07) is 7.40. The van der Waals surface area contributed by atoms with Crippen molar-refractivity contribution in [3.63, 3.8) is 0 Å². The summed E-state index contributed by atoms with van der Waals surface area (Å²) < 4.78 is 15.5. The van der Waals surface area contributed by atoms with Crippen molar-refractivity contribution in [2.75, 3.05) is 19.8 Å². The number of para-hydroxylation sites is 1. The number of unbranched alkanes of at least 4 members (excludes halogenated alkanes) is 5. The Morgan fingerprint density at radius 2 is 1.58 bits per heavy atom. The maximum absolute atomic E-state index is 11.9. The van der Waals surface area contributed by atoms with E-state index in [9.17, 15) is 9.59 Å². The lowest BCUT2D eigenvalue weighted by molar-refractivity contribution is -0.152. The third kappa shape index (κ3) is 9.56. The Hall–Kier alpha value is -1.88. The van der Waals surface area contributed by atoms with Crippen molar-refractivity contribution in [1.29, 1.82) is 0 Å². The molecule has 0 aliphatic carbocycles. The van der Waals surface area contributed by atoms with Crippen LogP contribution in [0.1, 0.15) is 70.8 Å². The average molecular weight is 364 g/mol. The quantitative estimate of drug-likeness (QED) is 0.290. The zero-order chi connectivity index (χ0) is 19.2. The SMILES string of the molecule is CCCCCCCCOC(=O)COCC(=O)Oc1ccccc1C(C)C. The number of rotatable bonds is 13. The van der Waals surface area contributed by atoms with Crippen LogP contribution in [-0.2, 0) is 19.1 Å². The summed E-state index contributed by atoms with van der Waals surface area (Å²) in [7, 11) is 0. The highest BCUT2D eigenvalue weighted by molar-refractivity contribution is 5.75. The molecule has 0 unspecified atom stereocenters. The van der Waals surface area contributed by atoms with Gasteiger partial charge in [-0.15, -0.1) is 0 Å². The van der Waals surface area contributed by atoms with Crippen LogP contribution in [-0.4, -0.2) is 31.8 Å². The van der Waals surface area contributed by atoms with E-state index in [-0.39, 0.29) is 19.1 Å². The summed E-state index contributed by atoms with van der Waals surface area (Å²) in [4.78, 5) is 23.4. The molecule has 0 bridgehead atoms. The van der Waals surface area contributed by atoms with E-state index >= 15 is 0 Å². The molecule has 0 N–H and O–H groups in total. The zero-order valence-electron chi connectivity index (χ0n) is 16.3. The molecule has 0 saturated carbocycles. The van der Waals surface area contributed by atoms with Gasteiger partial charge in [-0.2, -0.15) is 0 Å². The van der Waals surface area contributed by atoms with Gasteiger partial charge in [0.25, 0.3) is 0 Å². The van der Waals surface area contributed by atoms with E-state index in [2.05, 4.69) is 6.92 Å². The lowest BCUT2D eigenvalue weighted by atomic mass is 10.0. The van der Waals surface area contributed by atoms with Gasteiger partial charge in [0.1, 0.15) is 19.0 Å². The molecule has 1 aromatic carbocycles. The Bertz CT molecular complexity index is 539. The van der Waals surface area contributed by atoms with Crippen molar-refractivity contribution in [3.05, 3.63) is 29.8 Å². The molecule has 0 aliphatic heterocycles. The third-order valence-corrected chi connectivity index (χ3v) is 3.97. The van der Waals surface area contributed by atoms with Crippen molar-refractivity contribution in [1.82, 2.24) is 0 Å². The molecule has 1 rings (SSSR count). The van der Waals surface area contributed by atoms with E-state index in [0.29, 0.717) is 12.4 Å². The molecule has 1 aromatic rings. The van der Waals surface area contributed by atoms with E-state index in [1.54, 1.807) is 6.07 Å². The molecule has 0 aromatic heterocycles. The van der Waals surface area contributed by atoms with Crippen LogP contribution in [0.25, 0.3) is 0 Å². The van der Waals surface area contributed by atoms with Crippen LogP contribution in [0.5, 0.6) is 5.75 Å². The average Bonchev–Trinajstić information content (AvgIpc) is 2.61. The fourth-order valence-electron chi connectivity index (χ4n) is 2.53. The molecule has 0 spiro atoms. The standard InChI is InChI=1S/C21H32O5/c1-4-5-6-7-8-11-14-25-20(22)15-24-16-21(23)26-19-13-10-9-12-18(19)17(2)3/h9-10,12-13,17H,4-8,11,14-16H2,1-3H3. The Kier molecular flexibility index (Phi) is 11.4. The molecule has 0 amide bonds. The lowest BCUT2D eigenvalue weighted by Gasteiger charge is -2.12. The van der Waals surface area contributed by atoms with Gasteiger partial charge >= 0.3 is 11.9 Å². The van der Waals surface area contributed by atoms with Gasteiger partial charge in [0.2, 0.25) is 0 Å². The zero-order valence-corrected chi connectivity index (χ0v) is 16.3. The van der Waals surface area contributed by atoms with Crippen LogP contribution in [0.2, 0.25) is 0 Å². The Balaban J connectivity index is 2.15. The van der Waals surface area contributed by atoms with Gasteiger partial charge < -0.3 is 14.2 Å². The highest BCUT2D eigenvalue weighted by Crippen LogP contribution is 2.25. The first kappa shape index (κ1) is 22.2. The second kappa shape index (κ2) is 13.3. The monoisotopic (exact) mass is 364 g/mol. The van der Waals surface area contributed by atoms with Crippen molar-refractivity contribution in [3.8, 4) is 5.75 Å². The largest absolute Gasteiger partial charge is 0.464 e. The van der Waals surface area contributed by atoms with E-state index in [1.807, 2.05) is 32.0 Å². The fourth-order valence-corrected chi connectivity index (χ4v) is 2.53. The van der Waals surface area contributed by atoms with Gasteiger partial charge in [-0.25, -0.2) is 9.59 Å². The summed E-state index contributed by atoms with van der Waals surface area (Å²) >= 11 is 0. The molecule has 0 fully saturated rings. The minimum absolute atomic E-state index is 0.239. The molecule has 26 heavy (non-hydrogen) atoms. The van der Waals surface area contributed by atoms with Gasteiger partial charge in [-0.3, -0.25) is 0 Å². The fraction of sp³-hybridized carbons (Fsp3) is 0.619. The highest BCUT2D eigenvalue weighted by Gasteiger charge is 2.12. The second-order valence-corrected chi connectivity index (χ2v) is 6.65. The van der Waals surface area contributed by atoms with Crippen LogP contribution in [0.4, 0.5) is 0 Å². The Labute approximate surface area is 157 Å². The molecule has 0 atom stereocenters. The predicted octanol–water partition coefficient (Wildman–Crippen LogP) is 4.64. The van der Waals surface area contributed by atoms with Gasteiger partial charge in [0.05, 0.1) is 6.61 Å². The second-order valence-electron chi connectivity index (χ2n) is 6.65. The maximum atomic E-state index is 11.9. The first-order valence-electron chi connectivity index (χ1n) is 9.57. The maximum Gasteiger partial charge on any atom is 0.337 e. The van der Waals surface area contributed by atoms with Gasteiger partial charge in [0, 0.05) is 0 Å². The van der Waals surface area contributed by atoms with Crippen LogP contribution in [0.15, 0.2) is 24.3 Å². The van der Waals surface area contributed by atoms with E-state index in [4.69, 9.17) is 14.2 Å². The van der Waals surface area contributed by atoms with Gasteiger partial charge in [-0.05, 0) is 24.0 Å². The summed E-state index contributed by atoms with van der Waals surface area (Å²) in [6.45, 7) is 6.13. The molecular formula is C21H32O5. The van der Waals surface area contributed by atoms with Gasteiger partial charge in [-0.1, -0.05) is 71.1 Å². The topological polar surface area (TPSA) is 61.8 Å². The molecule has 5 heteroatoms. The number of carbonyl (C=O) groups excluding carboxylic acids is 2.